The highest BCUT2D eigenvalue weighted by atomic mass is 35.5. The average molecular weight is 360 g/mol. The van der Waals surface area contributed by atoms with Crippen LogP contribution >= 0.6 is 11.6 Å². The lowest BCUT2D eigenvalue weighted by molar-refractivity contribution is -0.130. The zero-order valence-electron chi connectivity index (χ0n) is 14.0. The van der Waals surface area contributed by atoms with E-state index in [1.54, 1.807) is 24.3 Å². The summed E-state index contributed by atoms with van der Waals surface area (Å²) >= 11 is 6.08. The molecule has 4 nitrogen and oxygen atoms in total. The van der Waals surface area contributed by atoms with Crippen molar-refractivity contribution in [2.45, 2.75) is 24.4 Å². The van der Waals surface area contributed by atoms with Crippen LogP contribution in [0.2, 0.25) is 5.02 Å². The van der Waals surface area contributed by atoms with E-state index in [2.05, 4.69) is 17.4 Å². The Labute approximate surface area is 152 Å². The van der Waals surface area contributed by atoms with Crippen molar-refractivity contribution in [1.82, 2.24) is 5.32 Å². The van der Waals surface area contributed by atoms with Crippen molar-refractivity contribution in [1.29, 1.82) is 0 Å². The van der Waals surface area contributed by atoms with Gasteiger partial charge in [0.1, 0.15) is 0 Å². The average Bonchev–Trinajstić information content (AvgIpc) is 2.67. The molecular formula is C20H22ClNO3. The van der Waals surface area contributed by atoms with Crippen LogP contribution in [-0.2, 0) is 14.9 Å². The maximum Gasteiger partial charge on any atom is 0.253 e. The summed E-state index contributed by atoms with van der Waals surface area (Å²) in [6.07, 6.45) is 0.389. The molecule has 1 atom stereocenters. The highest BCUT2D eigenvalue weighted by Crippen LogP contribution is 2.34. The van der Waals surface area contributed by atoms with Gasteiger partial charge >= 0.3 is 0 Å². The third kappa shape index (κ3) is 4.03. The molecule has 1 amide bonds. The van der Waals surface area contributed by atoms with Gasteiger partial charge in [0.25, 0.3) is 5.91 Å². The first-order valence-electron chi connectivity index (χ1n) is 8.46. The highest BCUT2D eigenvalue weighted by molar-refractivity contribution is 6.31. The maximum absolute atomic E-state index is 12.5. The number of aliphatic hydroxyl groups is 1. The van der Waals surface area contributed by atoms with E-state index in [9.17, 15) is 9.90 Å². The SMILES string of the molecule is O=C(NCC1(c2ccccc2)CCOCC1)[C@H](O)c1ccccc1Cl. The first-order valence-corrected chi connectivity index (χ1v) is 8.84. The van der Waals surface area contributed by atoms with Gasteiger partial charge in [0.15, 0.2) is 6.10 Å². The number of hydrogen-bond acceptors (Lipinski definition) is 3. The van der Waals surface area contributed by atoms with E-state index in [0.717, 1.165) is 12.8 Å². The molecule has 0 spiro atoms. The van der Waals surface area contributed by atoms with E-state index in [1.165, 1.54) is 5.56 Å². The predicted octanol–water partition coefficient (Wildman–Crippen LogP) is 3.24. The van der Waals surface area contributed by atoms with E-state index in [0.29, 0.717) is 30.3 Å². The molecule has 25 heavy (non-hydrogen) atoms. The molecule has 1 heterocycles. The van der Waals surface area contributed by atoms with E-state index in [-0.39, 0.29) is 5.41 Å². The number of halogens is 1. The second-order valence-corrected chi connectivity index (χ2v) is 6.81. The van der Waals surface area contributed by atoms with Crippen LogP contribution < -0.4 is 5.32 Å². The first-order chi connectivity index (χ1) is 12.1. The number of benzene rings is 2. The van der Waals surface area contributed by atoms with Gasteiger partial charge < -0.3 is 15.2 Å². The lowest BCUT2D eigenvalue weighted by Gasteiger charge is -2.38. The fourth-order valence-electron chi connectivity index (χ4n) is 3.31. The molecule has 0 aromatic heterocycles. The van der Waals surface area contributed by atoms with Crippen molar-refractivity contribution in [3.63, 3.8) is 0 Å². The number of aliphatic hydroxyl groups excluding tert-OH is 1. The summed E-state index contributed by atoms with van der Waals surface area (Å²) in [4.78, 5) is 12.5. The molecule has 0 radical (unpaired) electrons. The number of ether oxygens (including phenoxy) is 1. The third-order valence-corrected chi connectivity index (χ3v) is 5.23. The van der Waals surface area contributed by atoms with Crippen LogP contribution in [0, 0.1) is 0 Å². The molecule has 2 aromatic carbocycles. The smallest absolute Gasteiger partial charge is 0.253 e. The highest BCUT2D eigenvalue weighted by Gasteiger charge is 2.35. The molecular weight excluding hydrogens is 338 g/mol. The summed E-state index contributed by atoms with van der Waals surface area (Å²) in [7, 11) is 0. The summed E-state index contributed by atoms with van der Waals surface area (Å²) in [5.74, 6) is -0.435. The minimum atomic E-state index is -1.28. The lowest BCUT2D eigenvalue weighted by atomic mass is 9.74. The van der Waals surface area contributed by atoms with Gasteiger partial charge in [-0.1, -0.05) is 60.1 Å². The second-order valence-electron chi connectivity index (χ2n) is 6.40. The fraction of sp³-hybridized carbons (Fsp3) is 0.350. The molecule has 3 rings (SSSR count). The Morgan fingerprint density at radius 2 is 1.76 bits per heavy atom. The number of carbonyl (C=O) groups is 1. The van der Waals surface area contributed by atoms with Crippen LogP contribution in [0.3, 0.4) is 0 Å². The standard InChI is InChI=1S/C20H22ClNO3/c21-17-9-5-4-8-16(17)18(23)19(24)22-14-20(10-12-25-13-11-20)15-6-2-1-3-7-15/h1-9,18,23H,10-14H2,(H,22,24)/t18-/m1/s1. The Kier molecular flexibility index (Phi) is 5.74. The lowest BCUT2D eigenvalue weighted by Crippen LogP contribution is -2.45. The number of hydrogen-bond donors (Lipinski definition) is 2. The number of nitrogens with one attached hydrogen (secondary N) is 1. The van der Waals surface area contributed by atoms with Crippen LogP contribution in [-0.4, -0.2) is 30.8 Å². The topological polar surface area (TPSA) is 58.6 Å². The minimum absolute atomic E-state index is 0.171. The zero-order chi connectivity index (χ0) is 17.7. The molecule has 132 valence electrons. The van der Waals surface area contributed by atoms with Gasteiger partial charge in [-0.25, -0.2) is 0 Å². The van der Waals surface area contributed by atoms with Crippen LogP contribution in [0.4, 0.5) is 0 Å². The molecule has 0 saturated carbocycles. The Morgan fingerprint density at radius 3 is 2.44 bits per heavy atom. The zero-order valence-corrected chi connectivity index (χ0v) is 14.7. The Morgan fingerprint density at radius 1 is 1.12 bits per heavy atom. The van der Waals surface area contributed by atoms with Crippen LogP contribution in [0.15, 0.2) is 54.6 Å². The molecule has 0 aliphatic carbocycles. The Bertz CT molecular complexity index is 714. The number of carbonyl (C=O) groups excluding carboxylic acids is 1. The van der Waals surface area contributed by atoms with E-state index >= 15 is 0 Å². The van der Waals surface area contributed by atoms with E-state index in [1.807, 2.05) is 18.2 Å². The molecule has 5 heteroatoms. The summed E-state index contributed by atoms with van der Waals surface area (Å²) in [6, 6.07) is 17.0. The Hall–Kier alpha value is -1.88. The van der Waals surface area contributed by atoms with E-state index in [4.69, 9.17) is 16.3 Å². The van der Waals surface area contributed by atoms with Gasteiger partial charge in [-0.05, 0) is 24.5 Å². The predicted molar refractivity (Wildman–Crippen MR) is 97.6 cm³/mol. The molecule has 2 N–H and O–H groups in total. The third-order valence-electron chi connectivity index (χ3n) is 4.89. The summed E-state index contributed by atoms with van der Waals surface area (Å²) < 4.78 is 5.51. The van der Waals surface area contributed by atoms with Gasteiger partial charge in [0, 0.05) is 35.8 Å². The number of amides is 1. The van der Waals surface area contributed by atoms with Crippen molar-refractivity contribution in [2.24, 2.45) is 0 Å². The van der Waals surface area contributed by atoms with Crippen molar-refractivity contribution in [3.05, 3.63) is 70.7 Å². The van der Waals surface area contributed by atoms with Crippen molar-refractivity contribution < 1.29 is 14.6 Å². The first kappa shape index (κ1) is 17.9. The van der Waals surface area contributed by atoms with E-state index < -0.39 is 12.0 Å². The van der Waals surface area contributed by atoms with Crippen molar-refractivity contribution in [2.75, 3.05) is 19.8 Å². The summed E-state index contributed by atoms with van der Waals surface area (Å²) in [5, 5.41) is 13.6. The van der Waals surface area contributed by atoms with Crippen LogP contribution in [0.1, 0.15) is 30.1 Å². The van der Waals surface area contributed by atoms with Gasteiger partial charge in [-0.15, -0.1) is 0 Å². The second kappa shape index (κ2) is 8.00. The van der Waals surface area contributed by atoms with Gasteiger partial charge in [0.05, 0.1) is 0 Å². The summed E-state index contributed by atoms with van der Waals surface area (Å²) in [5.41, 5.74) is 1.43. The van der Waals surface area contributed by atoms with Crippen LogP contribution in [0.25, 0.3) is 0 Å². The number of rotatable bonds is 5. The van der Waals surface area contributed by atoms with Gasteiger partial charge in [-0.3, -0.25) is 4.79 Å². The monoisotopic (exact) mass is 359 g/mol. The molecule has 0 bridgehead atoms. The van der Waals surface area contributed by atoms with Crippen molar-refractivity contribution in [3.8, 4) is 0 Å². The fourth-order valence-corrected chi connectivity index (χ4v) is 3.55. The molecule has 1 aliphatic rings. The molecule has 1 aliphatic heterocycles. The molecule has 1 saturated heterocycles. The summed E-state index contributed by atoms with van der Waals surface area (Å²) in [6.45, 7) is 1.79. The largest absolute Gasteiger partial charge is 0.381 e. The normalized spacial score (nSPS) is 17.7. The quantitative estimate of drug-likeness (QED) is 0.861. The molecule has 1 fully saturated rings. The Balaban J connectivity index is 1.73. The van der Waals surface area contributed by atoms with Gasteiger partial charge in [0.2, 0.25) is 0 Å². The maximum atomic E-state index is 12.5. The molecule has 0 unspecified atom stereocenters. The van der Waals surface area contributed by atoms with Gasteiger partial charge in [-0.2, -0.15) is 0 Å². The minimum Gasteiger partial charge on any atom is -0.381 e. The van der Waals surface area contributed by atoms with Crippen LogP contribution in [0.5, 0.6) is 0 Å². The molecule has 2 aromatic rings. The van der Waals surface area contributed by atoms with Crippen molar-refractivity contribution >= 4 is 17.5 Å².